The van der Waals surface area contributed by atoms with Crippen molar-refractivity contribution in [1.29, 1.82) is 0 Å². The quantitative estimate of drug-likeness (QED) is 0.333. The molecule has 0 heterocycles. The van der Waals surface area contributed by atoms with Crippen LogP contribution < -0.4 is 5.73 Å². The molecule has 0 amide bonds. The van der Waals surface area contributed by atoms with Crippen molar-refractivity contribution in [3.63, 3.8) is 0 Å². The molecular weight excluding hydrogens is 238 g/mol. The molecule has 8 heteroatoms. The summed E-state index contributed by atoms with van der Waals surface area (Å²) >= 11 is 0. The molecule has 5 N–H and O–H groups in total. The lowest BCUT2D eigenvalue weighted by Gasteiger charge is -2.10. The summed E-state index contributed by atoms with van der Waals surface area (Å²) in [6.45, 7) is 1.24. The van der Waals surface area contributed by atoms with Gasteiger partial charge >= 0.3 is 5.97 Å². The maximum atomic E-state index is 10.9. The second-order valence-electron chi connectivity index (χ2n) is 3.09. The zero-order valence-electron chi connectivity index (χ0n) is 8.13. The van der Waals surface area contributed by atoms with E-state index in [9.17, 15) is 18.3 Å². The van der Waals surface area contributed by atoms with Gasteiger partial charge in [0.15, 0.2) is 5.75 Å². The molecule has 0 radical (unpaired) electrons. The number of carboxylic acid groups (broad SMARTS) is 1. The van der Waals surface area contributed by atoms with E-state index >= 15 is 0 Å². The Bertz CT molecular complexity index is 562. The largest absolute Gasteiger partial charge is 0.505 e. The molecule has 0 aromatic heterocycles. The Kier molecular flexibility index (Phi) is 2.80. The molecule has 7 nitrogen and oxygen atoms in total. The summed E-state index contributed by atoms with van der Waals surface area (Å²) in [4.78, 5) is 10.0. The Labute approximate surface area is 90.9 Å². The highest BCUT2D eigenvalue weighted by Crippen LogP contribution is 2.33. The van der Waals surface area contributed by atoms with E-state index in [0.717, 1.165) is 0 Å². The molecule has 0 aliphatic heterocycles. The molecule has 0 aliphatic rings. The molecule has 0 saturated heterocycles. The van der Waals surface area contributed by atoms with E-state index in [1.807, 2.05) is 0 Å². The van der Waals surface area contributed by atoms with E-state index in [0.29, 0.717) is 6.07 Å². The van der Waals surface area contributed by atoms with Crippen molar-refractivity contribution in [2.75, 3.05) is 5.73 Å². The van der Waals surface area contributed by atoms with Crippen molar-refractivity contribution >= 4 is 21.8 Å². The van der Waals surface area contributed by atoms with Crippen LogP contribution >= 0.6 is 0 Å². The van der Waals surface area contributed by atoms with E-state index in [2.05, 4.69) is 0 Å². The number of aromatic carboxylic acids is 1. The molecule has 0 bridgehead atoms. The first-order valence-corrected chi connectivity index (χ1v) is 5.43. The number of nitrogens with two attached hydrogens (primary N) is 1. The molecule has 0 fully saturated rings. The van der Waals surface area contributed by atoms with Crippen LogP contribution in [-0.4, -0.2) is 29.2 Å². The number of anilines is 1. The van der Waals surface area contributed by atoms with Gasteiger partial charge in [0.05, 0.1) is 10.6 Å². The number of carbonyl (C=O) groups is 1. The summed E-state index contributed by atoms with van der Waals surface area (Å²) in [6, 6.07) is 0.651. The van der Waals surface area contributed by atoms with Crippen LogP contribution in [0.4, 0.5) is 5.69 Å². The van der Waals surface area contributed by atoms with Crippen molar-refractivity contribution in [3.05, 3.63) is 17.2 Å². The van der Waals surface area contributed by atoms with Gasteiger partial charge in [0.1, 0.15) is 5.56 Å². The van der Waals surface area contributed by atoms with Crippen molar-refractivity contribution in [2.45, 2.75) is 11.8 Å². The van der Waals surface area contributed by atoms with Crippen molar-refractivity contribution < 1.29 is 28.0 Å². The predicted molar refractivity (Wildman–Crippen MR) is 54.0 cm³/mol. The van der Waals surface area contributed by atoms with Gasteiger partial charge in [-0.3, -0.25) is 4.55 Å². The maximum Gasteiger partial charge on any atom is 0.339 e. The number of rotatable bonds is 2. The minimum atomic E-state index is -4.58. The van der Waals surface area contributed by atoms with Crippen molar-refractivity contribution in [3.8, 4) is 5.75 Å². The van der Waals surface area contributed by atoms with Crippen LogP contribution in [0.3, 0.4) is 0 Å². The number of benzene rings is 1. The highest BCUT2D eigenvalue weighted by Gasteiger charge is 2.23. The van der Waals surface area contributed by atoms with Gasteiger partial charge < -0.3 is 15.9 Å². The summed E-state index contributed by atoms with van der Waals surface area (Å²) in [7, 11) is -4.58. The second kappa shape index (κ2) is 3.65. The lowest BCUT2D eigenvalue weighted by Crippen LogP contribution is -2.08. The van der Waals surface area contributed by atoms with Crippen LogP contribution in [0.2, 0.25) is 0 Å². The van der Waals surface area contributed by atoms with E-state index in [1.54, 1.807) is 0 Å². The van der Waals surface area contributed by atoms with Crippen LogP contribution in [0.15, 0.2) is 11.0 Å². The maximum absolute atomic E-state index is 10.9. The summed E-state index contributed by atoms with van der Waals surface area (Å²) in [6.07, 6.45) is 0. The first kappa shape index (κ1) is 12.3. The molecule has 1 rings (SSSR count). The van der Waals surface area contributed by atoms with Crippen LogP contribution in [0.1, 0.15) is 15.9 Å². The molecule has 1 aromatic carbocycles. The first-order chi connectivity index (χ1) is 7.16. The van der Waals surface area contributed by atoms with Crippen LogP contribution in [0, 0.1) is 6.92 Å². The van der Waals surface area contributed by atoms with Gasteiger partial charge in [-0.15, -0.1) is 0 Å². The van der Waals surface area contributed by atoms with Gasteiger partial charge in [0.25, 0.3) is 10.1 Å². The molecule has 0 spiro atoms. The Morgan fingerprint density at radius 1 is 1.44 bits per heavy atom. The Morgan fingerprint density at radius 3 is 2.31 bits per heavy atom. The van der Waals surface area contributed by atoms with Gasteiger partial charge in [-0.2, -0.15) is 8.42 Å². The van der Waals surface area contributed by atoms with Gasteiger partial charge in [-0.05, 0) is 18.6 Å². The number of hydrogen-bond donors (Lipinski definition) is 4. The van der Waals surface area contributed by atoms with Gasteiger partial charge in [-0.25, -0.2) is 4.79 Å². The summed E-state index contributed by atoms with van der Waals surface area (Å²) < 4.78 is 30.7. The summed E-state index contributed by atoms with van der Waals surface area (Å²) in [5.74, 6) is -2.27. The monoisotopic (exact) mass is 247 g/mol. The van der Waals surface area contributed by atoms with Crippen molar-refractivity contribution in [2.24, 2.45) is 0 Å². The normalized spacial score (nSPS) is 11.4. The van der Waals surface area contributed by atoms with Crippen LogP contribution in [0.25, 0.3) is 0 Å². The third-order valence-corrected chi connectivity index (χ3v) is 3.05. The van der Waals surface area contributed by atoms with Crippen molar-refractivity contribution in [1.82, 2.24) is 0 Å². The summed E-state index contributed by atoms with van der Waals surface area (Å²) in [5.41, 5.74) is 4.14. The molecule has 0 unspecified atom stereocenters. The Balaban J connectivity index is 3.74. The number of aromatic hydroxyl groups is 1. The minimum Gasteiger partial charge on any atom is -0.505 e. The number of hydrogen-bond acceptors (Lipinski definition) is 5. The second-order valence-corrected chi connectivity index (χ2v) is 4.48. The van der Waals surface area contributed by atoms with E-state index in [4.69, 9.17) is 15.4 Å². The van der Waals surface area contributed by atoms with Gasteiger partial charge in [0, 0.05) is 0 Å². The fraction of sp³-hybridized carbons (Fsp3) is 0.125. The fourth-order valence-electron chi connectivity index (χ4n) is 1.19. The average molecular weight is 247 g/mol. The van der Waals surface area contributed by atoms with E-state index < -0.39 is 38.0 Å². The van der Waals surface area contributed by atoms with E-state index in [1.165, 1.54) is 6.92 Å². The fourth-order valence-corrected chi connectivity index (χ4v) is 1.96. The predicted octanol–water partition coefficient (Wildman–Crippen LogP) is 0.228. The Hall–Kier alpha value is -1.80. The van der Waals surface area contributed by atoms with Crippen LogP contribution in [0.5, 0.6) is 5.75 Å². The molecule has 0 atom stereocenters. The van der Waals surface area contributed by atoms with Gasteiger partial charge in [0.2, 0.25) is 0 Å². The first-order valence-electron chi connectivity index (χ1n) is 3.99. The smallest absolute Gasteiger partial charge is 0.339 e. The minimum absolute atomic E-state index is 0.106. The number of nitrogen functional groups attached to an aromatic ring is 1. The molecule has 0 aliphatic carbocycles. The van der Waals surface area contributed by atoms with Gasteiger partial charge in [-0.1, -0.05) is 0 Å². The number of carboxylic acids is 1. The third-order valence-electron chi connectivity index (χ3n) is 2.07. The zero-order valence-corrected chi connectivity index (χ0v) is 8.95. The van der Waals surface area contributed by atoms with Crippen LogP contribution in [-0.2, 0) is 10.1 Å². The highest BCUT2D eigenvalue weighted by atomic mass is 32.2. The highest BCUT2D eigenvalue weighted by molar-refractivity contribution is 7.85. The number of phenols is 1. The third kappa shape index (κ3) is 1.92. The molecule has 1 aromatic rings. The Morgan fingerprint density at radius 2 is 1.94 bits per heavy atom. The molecule has 16 heavy (non-hydrogen) atoms. The molecular formula is C8H9NO6S. The molecule has 88 valence electrons. The topological polar surface area (TPSA) is 138 Å². The molecule has 0 saturated carbocycles. The average Bonchev–Trinajstić information content (AvgIpc) is 2.11. The lowest BCUT2D eigenvalue weighted by atomic mass is 10.1. The lowest BCUT2D eigenvalue weighted by molar-refractivity contribution is 0.0693. The standard InChI is InChI=1S/C8H9NO6S/c1-3-5(16(13,14)15)2-4(8(11)12)7(10)6(3)9/h2,10H,9H2,1H3,(H,11,12)(H,13,14,15). The van der Waals surface area contributed by atoms with E-state index in [-0.39, 0.29) is 5.56 Å². The SMILES string of the molecule is Cc1c(S(=O)(=O)O)cc(C(=O)O)c(O)c1N. The summed E-state index contributed by atoms with van der Waals surface area (Å²) in [5, 5.41) is 18.0. The zero-order chi connectivity index (χ0) is 12.7.